The number of ether oxygens (including phenoxy) is 1. The van der Waals surface area contributed by atoms with Crippen LogP contribution in [0.25, 0.3) is 0 Å². The maximum absolute atomic E-state index is 13.6. The molecular weight excluding hydrogens is 407 g/mol. The van der Waals surface area contributed by atoms with E-state index >= 15 is 0 Å². The number of benzene rings is 1. The lowest BCUT2D eigenvalue weighted by Gasteiger charge is -2.21. The van der Waals surface area contributed by atoms with E-state index < -0.39 is 5.91 Å². The highest BCUT2D eigenvalue weighted by atomic mass is 79.9. The van der Waals surface area contributed by atoms with Crippen LogP contribution in [0, 0.1) is 5.82 Å². The number of amides is 2. The molecule has 1 unspecified atom stereocenters. The summed E-state index contributed by atoms with van der Waals surface area (Å²) in [7, 11) is 1.52. The molecule has 0 aliphatic carbocycles. The van der Waals surface area contributed by atoms with E-state index in [4.69, 9.17) is 9.15 Å². The molecule has 0 saturated heterocycles. The zero-order valence-electron chi connectivity index (χ0n) is 14.1. The molecule has 8 heteroatoms. The summed E-state index contributed by atoms with van der Waals surface area (Å²) in [4.78, 5) is 25.9. The number of rotatable bonds is 4. The van der Waals surface area contributed by atoms with Crippen molar-refractivity contribution in [1.82, 2.24) is 10.2 Å². The van der Waals surface area contributed by atoms with Gasteiger partial charge in [-0.3, -0.25) is 9.59 Å². The van der Waals surface area contributed by atoms with E-state index in [0.717, 1.165) is 6.42 Å². The third kappa shape index (κ3) is 4.24. The number of carbonyl (C=O) groups is 2. The zero-order chi connectivity index (χ0) is 18.7. The number of halogens is 2. The van der Waals surface area contributed by atoms with Crippen molar-refractivity contribution < 1.29 is 23.1 Å². The number of likely N-dealkylation sites (N-methyl/N-ethyl adjacent to an activating group) is 1. The van der Waals surface area contributed by atoms with Gasteiger partial charge < -0.3 is 19.4 Å². The van der Waals surface area contributed by atoms with Crippen molar-refractivity contribution in [3.8, 4) is 5.75 Å². The van der Waals surface area contributed by atoms with Crippen LogP contribution in [0.2, 0.25) is 0 Å². The predicted molar refractivity (Wildman–Crippen MR) is 95.4 cm³/mol. The van der Waals surface area contributed by atoms with Crippen LogP contribution in [-0.2, 0) is 4.79 Å². The van der Waals surface area contributed by atoms with Gasteiger partial charge in [-0.25, -0.2) is 4.39 Å². The Hall–Kier alpha value is -2.35. The van der Waals surface area contributed by atoms with E-state index in [2.05, 4.69) is 21.2 Å². The lowest BCUT2D eigenvalue weighted by Crippen LogP contribution is -2.39. The van der Waals surface area contributed by atoms with Gasteiger partial charge in [-0.1, -0.05) is 0 Å². The number of hydrogen-bond donors (Lipinski definition) is 1. The molecule has 1 aliphatic heterocycles. The largest absolute Gasteiger partial charge is 0.493 e. The third-order valence-electron chi connectivity index (χ3n) is 4.09. The Labute approximate surface area is 158 Å². The molecule has 1 aromatic carbocycles. The molecule has 1 atom stereocenters. The van der Waals surface area contributed by atoms with E-state index in [1.165, 1.54) is 30.1 Å². The number of nitrogens with one attached hydrogen (secondary N) is 1. The summed E-state index contributed by atoms with van der Waals surface area (Å²) in [6.07, 6.45) is 1.36. The zero-order valence-corrected chi connectivity index (χ0v) is 15.7. The fourth-order valence-corrected chi connectivity index (χ4v) is 3.15. The highest BCUT2D eigenvalue weighted by Crippen LogP contribution is 2.32. The van der Waals surface area contributed by atoms with Gasteiger partial charge in [0.1, 0.15) is 11.6 Å². The van der Waals surface area contributed by atoms with Crippen LogP contribution >= 0.6 is 15.9 Å². The normalized spacial score (nSPS) is 16.2. The van der Waals surface area contributed by atoms with Gasteiger partial charge >= 0.3 is 0 Å². The smallest absolute Gasteiger partial charge is 0.289 e. The lowest BCUT2D eigenvalue weighted by atomic mass is 10.0. The van der Waals surface area contributed by atoms with Crippen molar-refractivity contribution in [3.63, 3.8) is 0 Å². The van der Waals surface area contributed by atoms with Crippen LogP contribution in [-0.4, -0.2) is 36.9 Å². The van der Waals surface area contributed by atoms with E-state index in [0.29, 0.717) is 29.0 Å². The minimum atomic E-state index is -0.401. The van der Waals surface area contributed by atoms with Crippen LogP contribution in [0.1, 0.15) is 35.0 Å². The SMILES string of the molecule is CN(CC(=O)NC1CCCOc2ccc(F)cc21)C(=O)c1ccc(Br)o1. The van der Waals surface area contributed by atoms with Crippen LogP contribution in [0.5, 0.6) is 5.75 Å². The van der Waals surface area contributed by atoms with Crippen molar-refractivity contribution in [3.05, 3.63) is 52.1 Å². The van der Waals surface area contributed by atoms with Gasteiger partial charge in [0.25, 0.3) is 5.91 Å². The molecule has 2 aromatic rings. The Balaban J connectivity index is 1.66. The molecule has 1 aliphatic rings. The van der Waals surface area contributed by atoms with Crippen molar-refractivity contribution in [2.24, 2.45) is 0 Å². The molecule has 138 valence electrons. The van der Waals surface area contributed by atoms with Crippen molar-refractivity contribution in [1.29, 1.82) is 0 Å². The van der Waals surface area contributed by atoms with E-state index in [1.807, 2.05) is 0 Å². The summed E-state index contributed by atoms with van der Waals surface area (Å²) in [5.74, 6) is -0.416. The Morgan fingerprint density at radius 2 is 2.15 bits per heavy atom. The Bertz CT molecular complexity index is 823. The molecule has 0 radical (unpaired) electrons. The standard InChI is InChI=1S/C18H18BrFN2O4/c1-22(18(24)15-6-7-16(19)26-15)10-17(23)21-13-3-2-8-25-14-5-4-11(20)9-12(13)14/h4-7,9,13H,2-3,8,10H2,1H3,(H,21,23). The van der Waals surface area contributed by atoms with Gasteiger partial charge in [-0.2, -0.15) is 0 Å². The number of hydrogen-bond acceptors (Lipinski definition) is 4. The molecule has 0 saturated carbocycles. The molecule has 6 nitrogen and oxygen atoms in total. The maximum atomic E-state index is 13.6. The topological polar surface area (TPSA) is 71.8 Å². The first-order valence-corrected chi connectivity index (χ1v) is 8.96. The fraction of sp³-hybridized carbons (Fsp3) is 0.333. The molecule has 0 fully saturated rings. The summed E-state index contributed by atoms with van der Waals surface area (Å²) >= 11 is 3.14. The lowest BCUT2D eigenvalue weighted by molar-refractivity contribution is -0.122. The van der Waals surface area contributed by atoms with Crippen LogP contribution in [0.4, 0.5) is 4.39 Å². The van der Waals surface area contributed by atoms with Crippen LogP contribution < -0.4 is 10.1 Å². The molecule has 2 amide bonds. The van der Waals surface area contributed by atoms with Gasteiger partial charge in [0.15, 0.2) is 10.4 Å². The maximum Gasteiger partial charge on any atom is 0.289 e. The molecule has 0 bridgehead atoms. The monoisotopic (exact) mass is 424 g/mol. The summed E-state index contributed by atoms with van der Waals surface area (Å²) in [5, 5.41) is 2.87. The van der Waals surface area contributed by atoms with E-state index in [1.54, 1.807) is 12.1 Å². The van der Waals surface area contributed by atoms with Gasteiger partial charge in [0.05, 0.1) is 19.2 Å². The molecule has 2 heterocycles. The fourth-order valence-electron chi connectivity index (χ4n) is 2.84. The van der Waals surface area contributed by atoms with E-state index in [9.17, 15) is 14.0 Å². The van der Waals surface area contributed by atoms with Crippen LogP contribution in [0.3, 0.4) is 0 Å². The second kappa shape index (κ2) is 7.90. The quantitative estimate of drug-likeness (QED) is 0.817. The highest BCUT2D eigenvalue weighted by Gasteiger charge is 2.24. The highest BCUT2D eigenvalue weighted by molar-refractivity contribution is 9.10. The van der Waals surface area contributed by atoms with Gasteiger partial charge in [0.2, 0.25) is 5.91 Å². The Morgan fingerprint density at radius 1 is 1.35 bits per heavy atom. The molecule has 0 spiro atoms. The number of nitrogens with zero attached hydrogens (tertiary/aromatic N) is 1. The average molecular weight is 425 g/mol. The molecule has 26 heavy (non-hydrogen) atoms. The van der Waals surface area contributed by atoms with Crippen molar-refractivity contribution >= 4 is 27.7 Å². The minimum absolute atomic E-state index is 0.140. The predicted octanol–water partition coefficient (Wildman–Crippen LogP) is 3.28. The number of carbonyl (C=O) groups excluding carboxylic acids is 2. The summed E-state index contributed by atoms with van der Waals surface area (Å²) in [6, 6.07) is 7.05. The van der Waals surface area contributed by atoms with Crippen LogP contribution in [0.15, 0.2) is 39.4 Å². The average Bonchev–Trinajstić information content (AvgIpc) is 2.94. The van der Waals surface area contributed by atoms with Gasteiger partial charge in [0, 0.05) is 12.6 Å². The first-order chi connectivity index (χ1) is 12.4. The van der Waals surface area contributed by atoms with Gasteiger partial charge in [-0.15, -0.1) is 0 Å². The summed E-state index contributed by atoms with van der Waals surface area (Å²) < 4.78 is 24.9. The molecule has 1 aromatic heterocycles. The number of fused-ring (bicyclic) bond motifs is 1. The molecule has 3 rings (SSSR count). The summed E-state index contributed by atoms with van der Waals surface area (Å²) in [5.41, 5.74) is 0.611. The van der Waals surface area contributed by atoms with Gasteiger partial charge in [-0.05, 0) is 59.1 Å². The second-order valence-electron chi connectivity index (χ2n) is 6.06. The molecular formula is C18H18BrFN2O4. The molecule has 1 N–H and O–H groups in total. The second-order valence-corrected chi connectivity index (χ2v) is 6.84. The van der Waals surface area contributed by atoms with Crippen molar-refractivity contribution in [2.75, 3.05) is 20.2 Å². The Morgan fingerprint density at radius 3 is 2.88 bits per heavy atom. The Kier molecular flexibility index (Phi) is 5.61. The summed E-state index contributed by atoms with van der Waals surface area (Å²) in [6.45, 7) is 0.371. The van der Waals surface area contributed by atoms with E-state index in [-0.39, 0.29) is 30.1 Å². The number of furan rings is 1. The first-order valence-electron chi connectivity index (χ1n) is 8.16. The third-order valence-corrected chi connectivity index (χ3v) is 4.51. The van der Waals surface area contributed by atoms with Crippen molar-refractivity contribution in [2.45, 2.75) is 18.9 Å². The first kappa shape index (κ1) is 18.4. The minimum Gasteiger partial charge on any atom is -0.493 e.